The topological polar surface area (TPSA) is 46.8 Å². The minimum Gasteiger partial charge on any atom is -0.390 e. The van der Waals surface area contributed by atoms with E-state index in [2.05, 4.69) is 4.98 Å². The van der Waals surface area contributed by atoms with Crippen LogP contribution in [0, 0.1) is 0 Å². The van der Waals surface area contributed by atoms with E-state index in [0.29, 0.717) is 6.42 Å². The van der Waals surface area contributed by atoms with E-state index < -0.39 is 11.7 Å². The van der Waals surface area contributed by atoms with Gasteiger partial charge in [0.05, 0.1) is 17.4 Å². The van der Waals surface area contributed by atoms with Crippen molar-refractivity contribution in [2.75, 3.05) is 7.11 Å². The van der Waals surface area contributed by atoms with E-state index in [0.717, 1.165) is 17.1 Å². The molecular formula is C12H18N2O2S. The maximum absolute atomic E-state index is 10.2. The van der Waals surface area contributed by atoms with Crippen LogP contribution in [-0.4, -0.2) is 33.3 Å². The normalized spacial score (nSPS) is 17.2. The molecule has 0 bridgehead atoms. The third-order valence-electron chi connectivity index (χ3n) is 3.42. The van der Waals surface area contributed by atoms with Crippen molar-refractivity contribution >= 4 is 16.3 Å². The van der Waals surface area contributed by atoms with Gasteiger partial charge in [0, 0.05) is 31.3 Å². The zero-order valence-corrected chi connectivity index (χ0v) is 11.2. The van der Waals surface area contributed by atoms with Crippen LogP contribution >= 0.6 is 11.3 Å². The fraction of sp³-hybridized carbons (Fsp3) is 0.583. The predicted molar refractivity (Wildman–Crippen MR) is 68.5 cm³/mol. The quantitative estimate of drug-likeness (QED) is 0.889. The van der Waals surface area contributed by atoms with Crippen molar-refractivity contribution in [2.24, 2.45) is 0 Å². The molecule has 5 heteroatoms. The Morgan fingerprint density at radius 2 is 2.41 bits per heavy atom. The Bertz CT molecular complexity index is 459. The Balaban J connectivity index is 2.13. The Kier molecular flexibility index (Phi) is 3.51. The van der Waals surface area contributed by atoms with Crippen LogP contribution in [0.1, 0.15) is 26.0 Å². The third kappa shape index (κ3) is 2.36. The van der Waals surface area contributed by atoms with E-state index >= 15 is 0 Å². The molecule has 0 aromatic carbocycles. The largest absolute Gasteiger partial charge is 0.390 e. The highest BCUT2D eigenvalue weighted by molar-refractivity contribution is 7.15. The van der Waals surface area contributed by atoms with E-state index in [9.17, 15) is 5.11 Å². The van der Waals surface area contributed by atoms with Crippen LogP contribution in [0.4, 0.5) is 0 Å². The fourth-order valence-corrected chi connectivity index (χ4v) is 2.52. The van der Waals surface area contributed by atoms with Crippen molar-refractivity contribution in [3.8, 4) is 0 Å². The van der Waals surface area contributed by atoms with Gasteiger partial charge >= 0.3 is 0 Å². The van der Waals surface area contributed by atoms with Crippen LogP contribution in [0.2, 0.25) is 0 Å². The first-order valence-corrected chi connectivity index (χ1v) is 6.61. The summed E-state index contributed by atoms with van der Waals surface area (Å²) in [5.74, 6) is 0. The number of aliphatic hydroxyl groups excluding tert-OH is 1. The summed E-state index contributed by atoms with van der Waals surface area (Å²) >= 11 is 1.59. The van der Waals surface area contributed by atoms with Gasteiger partial charge in [-0.05, 0) is 13.3 Å². The lowest BCUT2D eigenvalue weighted by Crippen LogP contribution is -2.42. The molecule has 4 nitrogen and oxygen atoms in total. The van der Waals surface area contributed by atoms with Crippen LogP contribution in [0.3, 0.4) is 0 Å². The van der Waals surface area contributed by atoms with Crippen molar-refractivity contribution in [3.05, 3.63) is 23.5 Å². The van der Waals surface area contributed by atoms with E-state index in [-0.39, 0.29) is 0 Å². The molecule has 17 heavy (non-hydrogen) atoms. The summed E-state index contributed by atoms with van der Waals surface area (Å²) in [7, 11) is 1.64. The summed E-state index contributed by atoms with van der Waals surface area (Å²) in [4.78, 5) is 5.42. The molecule has 0 aliphatic carbocycles. The lowest BCUT2D eigenvalue weighted by molar-refractivity contribution is -0.0917. The van der Waals surface area contributed by atoms with Crippen LogP contribution in [0.25, 0.3) is 4.96 Å². The van der Waals surface area contributed by atoms with E-state index in [1.54, 1.807) is 18.4 Å². The van der Waals surface area contributed by atoms with Gasteiger partial charge in [-0.2, -0.15) is 0 Å². The summed E-state index contributed by atoms with van der Waals surface area (Å²) < 4.78 is 7.37. The van der Waals surface area contributed by atoms with Gasteiger partial charge in [-0.3, -0.25) is 4.40 Å². The van der Waals surface area contributed by atoms with Gasteiger partial charge in [0.2, 0.25) is 0 Å². The number of aliphatic hydroxyl groups is 1. The number of hydrogen-bond donors (Lipinski definition) is 1. The van der Waals surface area contributed by atoms with Crippen LogP contribution < -0.4 is 0 Å². The predicted octanol–water partition coefficient (Wildman–Crippen LogP) is 2.11. The summed E-state index contributed by atoms with van der Waals surface area (Å²) in [5.41, 5.74) is 0.401. The van der Waals surface area contributed by atoms with Crippen molar-refractivity contribution in [2.45, 2.75) is 38.4 Å². The Hall–Kier alpha value is -0.910. The molecule has 0 saturated heterocycles. The van der Waals surface area contributed by atoms with Gasteiger partial charge in [0.15, 0.2) is 4.96 Å². The average Bonchev–Trinajstić information content (AvgIpc) is 2.88. The van der Waals surface area contributed by atoms with E-state index in [4.69, 9.17) is 4.74 Å². The molecule has 94 valence electrons. The zero-order valence-electron chi connectivity index (χ0n) is 10.4. The lowest BCUT2D eigenvalue weighted by atomic mass is 9.92. The second-order valence-electron chi connectivity index (χ2n) is 4.42. The summed E-state index contributed by atoms with van der Waals surface area (Å²) in [6.45, 7) is 3.94. The molecule has 2 heterocycles. The van der Waals surface area contributed by atoms with Crippen molar-refractivity contribution in [1.82, 2.24) is 9.38 Å². The van der Waals surface area contributed by atoms with Gasteiger partial charge in [-0.15, -0.1) is 11.3 Å². The number of nitrogens with zero attached hydrogens (tertiary/aromatic N) is 2. The highest BCUT2D eigenvalue weighted by Crippen LogP contribution is 2.22. The van der Waals surface area contributed by atoms with E-state index in [1.807, 2.05) is 36.0 Å². The number of imidazole rings is 1. The minimum atomic E-state index is -0.540. The van der Waals surface area contributed by atoms with Crippen LogP contribution in [0.5, 0.6) is 0 Å². The van der Waals surface area contributed by atoms with Gasteiger partial charge in [0.1, 0.15) is 0 Å². The van der Waals surface area contributed by atoms with Gasteiger partial charge < -0.3 is 9.84 Å². The first-order chi connectivity index (χ1) is 8.09. The Labute approximate surface area is 105 Å². The minimum absolute atomic E-state index is 0.503. The number of aromatic nitrogens is 2. The molecule has 2 aromatic heterocycles. The molecular weight excluding hydrogens is 236 g/mol. The molecule has 0 fully saturated rings. The van der Waals surface area contributed by atoms with Gasteiger partial charge in [-0.25, -0.2) is 4.98 Å². The summed E-state index contributed by atoms with van der Waals surface area (Å²) in [6.07, 6.45) is 4.68. The molecule has 0 spiro atoms. The highest BCUT2D eigenvalue weighted by Gasteiger charge is 2.31. The summed E-state index contributed by atoms with van der Waals surface area (Å²) in [6, 6.07) is 0. The van der Waals surface area contributed by atoms with Crippen molar-refractivity contribution in [3.63, 3.8) is 0 Å². The molecule has 0 amide bonds. The number of ether oxygens (including phenoxy) is 1. The summed E-state index contributed by atoms with van der Waals surface area (Å²) in [5, 5.41) is 12.2. The second-order valence-corrected chi connectivity index (χ2v) is 5.29. The number of fused-ring (bicyclic) bond motifs is 1. The zero-order chi connectivity index (χ0) is 12.5. The van der Waals surface area contributed by atoms with E-state index in [1.165, 1.54) is 0 Å². The average molecular weight is 254 g/mol. The third-order valence-corrected chi connectivity index (χ3v) is 4.19. The molecule has 2 unspecified atom stereocenters. The Morgan fingerprint density at radius 3 is 3.00 bits per heavy atom. The number of methoxy groups -OCH3 is 1. The standard InChI is InChI=1S/C12H18N2O2S/c1-4-12(2,16-3)10(15)7-9-8-14-5-6-17-11(14)13-9/h5-6,8,10,15H,4,7H2,1-3H3. The second kappa shape index (κ2) is 4.76. The Morgan fingerprint density at radius 1 is 1.65 bits per heavy atom. The SMILES string of the molecule is CCC(C)(OC)C(O)Cc1cn2ccsc2n1. The van der Waals surface area contributed by atoms with Gasteiger partial charge in [-0.1, -0.05) is 6.92 Å². The molecule has 0 saturated carbocycles. The highest BCUT2D eigenvalue weighted by atomic mass is 32.1. The smallest absolute Gasteiger partial charge is 0.193 e. The van der Waals surface area contributed by atoms with Crippen LogP contribution in [-0.2, 0) is 11.2 Å². The van der Waals surface area contributed by atoms with Crippen molar-refractivity contribution in [1.29, 1.82) is 0 Å². The maximum Gasteiger partial charge on any atom is 0.193 e. The lowest BCUT2D eigenvalue weighted by Gasteiger charge is -2.31. The van der Waals surface area contributed by atoms with Gasteiger partial charge in [0.25, 0.3) is 0 Å². The molecule has 0 aliphatic heterocycles. The first kappa shape index (κ1) is 12.5. The fourth-order valence-electron chi connectivity index (χ4n) is 1.80. The maximum atomic E-state index is 10.2. The van der Waals surface area contributed by atoms with Crippen molar-refractivity contribution < 1.29 is 9.84 Å². The first-order valence-electron chi connectivity index (χ1n) is 5.73. The number of thiazole rings is 1. The molecule has 0 radical (unpaired) electrons. The molecule has 2 rings (SSSR count). The monoisotopic (exact) mass is 254 g/mol. The number of rotatable bonds is 5. The molecule has 0 aliphatic rings. The molecule has 1 N–H and O–H groups in total. The number of hydrogen-bond acceptors (Lipinski definition) is 4. The van der Waals surface area contributed by atoms with Crippen LogP contribution in [0.15, 0.2) is 17.8 Å². The molecule has 2 atom stereocenters. The molecule has 2 aromatic rings.